The molecule has 0 N–H and O–H groups in total. The Balaban J connectivity index is 0.000000364. The maximum Gasteiger partial charge on any atom is -0.0212 e. The minimum atomic E-state index is 0. The molecule has 128 valence electrons. The molecule has 2 aliphatic rings. The zero-order valence-electron chi connectivity index (χ0n) is 14.5. The Morgan fingerprint density at radius 2 is 1.05 bits per heavy atom. The summed E-state index contributed by atoms with van der Waals surface area (Å²) < 4.78 is 0. The molecule has 2 heteroatoms. The number of hydrogen-bond acceptors (Lipinski definition) is 0. The summed E-state index contributed by atoms with van der Waals surface area (Å²) in [7, 11) is 0.934. The van der Waals surface area contributed by atoms with Crippen LogP contribution in [-0.2, 0) is 0 Å². The maximum absolute atomic E-state index is 2.37. The first kappa shape index (κ1) is 21.9. The molecule has 0 radical (unpaired) electrons. The van der Waals surface area contributed by atoms with E-state index in [9.17, 15) is 0 Å². The monoisotopic (exact) mass is 332 g/mol. The Bertz CT molecular complexity index is 182. The molecule has 0 spiro atoms. The number of rotatable bonds is 4. The summed E-state index contributed by atoms with van der Waals surface area (Å²) in [5, 5.41) is 0. The molecule has 0 bridgehead atoms. The molecule has 2 heterocycles. The largest absolute Gasteiger partial charge is 0.104 e. The van der Waals surface area contributed by atoms with Gasteiger partial charge in [0, 0.05) is 0 Å². The summed E-state index contributed by atoms with van der Waals surface area (Å²) >= 11 is 0. The van der Waals surface area contributed by atoms with Gasteiger partial charge in [0.1, 0.15) is 0 Å². The normalized spacial score (nSPS) is 32.6. The van der Waals surface area contributed by atoms with Gasteiger partial charge in [-0.25, -0.2) is 0 Å². The van der Waals surface area contributed by atoms with Crippen molar-refractivity contribution in [1.82, 2.24) is 0 Å². The molecule has 0 aliphatic carbocycles. The van der Waals surface area contributed by atoms with Gasteiger partial charge in [0.25, 0.3) is 0 Å². The van der Waals surface area contributed by atoms with Crippen LogP contribution in [0.1, 0.15) is 86.5 Å². The molecule has 2 aliphatic heterocycles. The van der Waals surface area contributed by atoms with Gasteiger partial charge >= 0.3 is 0 Å². The van der Waals surface area contributed by atoms with E-state index in [1.807, 2.05) is 0 Å². The third-order valence-corrected chi connectivity index (χ3v) is 12.0. The van der Waals surface area contributed by atoms with Crippen molar-refractivity contribution in [2.75, 3.05) is 24.6 Å². The van der Waals surface area contributed by atoms with Gasteiger partial charge < -0.3 is 0 Å². The zero-order chi connectivity index (χ0) is 14.8. The Labute approximate surface area is 138 Å². The van der Waals surface area contributed by atoms with E-state index in [-0.39, 0.29) is 7.43 Å². The molecule has 2 fully saturated rings. The SMILES string of the molecule is C.CCC1CCCCP1CC.CCC1CCCCP1CC. The Kier molecular flexibility index (Phi) is 13.9. The van der Waals surface area contributed by atoms with E-state index in [0.29, 0.717) is 15.8 Å². The third kappa shape index (κ3) is 7.79. The first-order valence-electron chi connectivity index (χ1n) is 9.24. The third-order valence-electron chi connectivity index (χ3n) is 5.25. The Hall–Kier alpha value is 0.860. The van der Waals surface area contributed by atoms with Crippen LogP contribution in [-0.4, -0.2) is 36.0 Å². The topological polar surface area (TPSA) is 0 Å². The fourth-order valence-electron chi connectivity index (χ4n) is 3.88. The van der Waals surface area contributed by atoms with Gasteiger partial charge in [0.05, 0.1) is 0 Å². The average molecular weight is 332 g/mol. The minimum absolute atomic E-state index is 0. The first-order chi connectivity index (χ1) is 9.76. The average Bonchev–Trinajstić information content (AvgIpc) is 2.55. The number of hydrogen-bond donors (Lipinski definition) is 0. The summed E-state index contributed by atoms with van der Waals surface area (Å²) in [5.41, 5.74) is 2.27. The van der Waals surface area contributed by atoms with Crippen molar-refractivity contribution < 1.29 is 0 Å². The van der Waals surface area contributed by atoms with Crippen molar-refractivity contribution in [2.24, 2.45) is 0 Å². The molecular formula is C19H42P2. The summed E-state index contributed by atoms with van der Waals surface area (Å²) in [5.74, 6) is 0. The van der Waals surface area contributed by atoms with E-state index in [1.54, 1.807) is 12.3 Å². The van der Waals surface area contributed by atoms with E-state index in [0.717, 1.165) is 11.3 Å². The second kappa shape index (κ2) is 13.3. The van der Waals surface area contributed by atoms with E-state index in [1.165, 1.54) is 63.7 Å². The van der Waals surface area contributed by atoms with Gasteiger partial charge in [-0.1, -0.05) is 48.0 Å². The molecular weight excluding hydrogens is 290 g/mol. The lowest BCUT2D eigenvalue weighted by Crippen LogP contribution is -2.12. The molecule has 2 rings (SSSR count). The van der Waals surface area contributed by atoms with Crippen LogP contribution in [0.4, 0.5) is 0 Å². The highest BCUT2D eigenvalue weighted by Crippen LogP contribution is 2.49. The molecule has 21 heavy (non-hydrogen) atoms. The second-order valence-corrected chi connectivity index (χ2v) is 12.3. The summed E-state index contributed by atoms with van der Waals surface area (Å²) in [6, 6.07) is 0. The summed E-state index contributed by atoms with van der Waals surface area (Å²) in [6.07, 6.45) is 18.1. The first-order valence-corrected chi connectivity index (χ1v) is 12.8. The minimum Gasteiger partial charge on any atom is -0.104 e. The standard InChI is InChI=1S/2C9H19P.CH4/c2*1-3-9-7-5-6-8-10(9)4-2;/h2*9H,3-8H2,1-2H3;1H4. The van der Waals surface area contributed by atoms with Gasteiger partial charge in [-0.2, -0.15) is 0 Å². The van der Waals surface area contributed by atoms with Crippen LogP contribution in [0.5, 0.6) is 0 Å². The highest BCUT2D eigenvalue weighted by molar-refractivity contribution is 7.58. The van der Waals surface area contributed by atoms with Crippen LogP contribution >= 0.6 is 15.8 Å². The zero-order valence-corrected chi connectivity index (χ0v) is 16.3. The molecule has 2 saturated heterocycles. The van der Waals surface area contributed by atoms with Crippen molar-refractivity contribution >= 4 is 15.8 Å². The van der Waals surface area contributed by atoms with Crippen LogP contribution < -0.4 is 0 Å². The van der Waals surface area contributed by atoms with Crippen molar-refractivity contribution in [3.8, 4) is 0 Å². The maximum atomic E-state index is 2.37. The quantitative estimate of drug-likeness (QED) is 0.466. The van der Waals surface area contributed by atoms with Crippen LogP contribution in [0.2, 0.25) is 0 Å². The molecule has 0 nitrogen and oxygen atoms in total. The lowest BCUT2D eigenvalue weighted by molar-refractivity contribution is 0.636. The summed E-state index contributed by atoms with van der Waals surface area (Å²) in [6.45, 7) is 9.47. The molecule has 0 aromatic carbocycles. The highest BCUT2D eigenvalue weighted by atomic mass is 31.1. The molecule has 4 unspecified atom stereocenters. The molecule has 0 aromatic rings. The molecule has 0 amide bonds. The van der Waals surface area contributed by atoms with Crippen LogP contribution in [0, 0.1) is 0 Å². The van der Waals surface area contributed by atoms with Crippen molar-refractivity contribution in [1.29, 1.82) is 0 Å². The predicted molar refractivity (Wildman–Crippen MR) is 107 cm³/mol. The molecule has 0 aromatic heterocycles. The smallest absolute Gasteiger partial charge is 0.0212 e. The van der Waals surface area contributed by atoms with Crippen LogP contribution in [0.15, 0.2) is 0 Å². The summed E-state index contributed by atoms with van der Waals surface area (Å²) in [4.78, 5) is 0. The van der Waals surface area contributed by atoms with Gasteiger partial charge in [-0.05, 0) is 74.5 Å². The van der Waals surface area contributed by atoms with Crippen molar-refractivity contribution in [3.05, 3.63) is 0 Å². The Morgan fingerprint density at radius 1 is 0.667 bits per heavy atom. The van der Waals surface area contributed by atoms with Gasteiger partial charge in [0.2, 0.25) is 0 Å². The van der Waals surface area contributed by atoms with Crippen LogP contribution in [0.25, 0.3) is 0 Å². The van der Waals surface area contributed by atoms with Gasteiger partial charge in [0.15, 0.2) is 0 Å². The van der Waals surface area contributed by atoms with Crippen molar-refractivity contribution in [3.63, 3.8) is 0 Å². The van der Waals surface area contributed by atoms with E-state index in [2.05, 4.69) is 27.7 Å². The lowest BCUT2D eigenvalue weighted by atomic mass is 10.1. The fourth-order valence-corrected chi connectivity index (χ4v) is 9.66. The van der Waals surface area contributed by atoms with Gasteiger partial charge in [-0.15, -0.1) is 15.8 Å². The second-order valence-electron chi connectivity index (χ2n) is 6.37. The lowest BCUT2D eigenvalue weighted by Gasteiger charge is -2.30. The molecule has 4 atom stereocenters. The fraction of sp³-hybridized carbons (Fsp3) is 1.00. The van der Waals surface area contributed by atoms with E-state index >= 15 is 0 Å². The van der Waals surface area contributed by atoms with Gasteiger partial charge in [-0.3, -0.25) is 0 Å². The predicted octanol–water partition coefficient (Wildman–Crippen LogP) is 7.54. The Morgan fingerprint density at radius 3 is 1.29 bits per heavy atom. The van der Waals surface area contributed by atoms with Crippen LogP contribution in [0.3, 0.4) is 0 Å². The van der Waals surface area contributed by atoms with E-state index < -0.39 is 0 Å². The molecule has 0 saturated carbocycles. The highest BCUT2D eigenvalue weighted by Gasteiger charge is 2.21. The van der Waals surface area contributed by atoms with E-state index in [4.69, 9.17) is 0 Å². The van der Waals surface area contributed by atoms with Crippen molar-refractivity contribution in [2.45, 2.75) is 97.8 Å².